The molecule has 3 aliphatic carbocycles. The van der Waals surface area contributed by atoms with E-state index in [1.807, 2.05) is 54.5 Å². The number of benzene rings is 2. The number of morpholine rings is 1. The Morgan fingerprint density at radius 3 is 2.21 bits per heavy atom. The van der Waals surface area contributed by atoms with Gasteiger partial charge in [0.05, 0.1) is 60.7 Å². The average Bonchev–Trinajstić information content (AvgIpc) is 3.54. The number of aliphatic hydroxyl groups excluding tert-OH is 4. The molecular weight excluding hydrogens is 969 g/mol. The van der Waals surface area contributed by atoms with Crippen LogP contribution in [0.15, 0.2) is 71.4 Å². The van der Waals surface area contributed by atoms with Crippen LogP contribution >= 0.6 is 0 Å². The number of esters is 2. The number of nitrogens with zero attached hydrogens (tertiary/aromatic N) is 1. The van der Waals surface area contributed by atoms with E-state index in [-0.39, 0.29) is 58.4 Å². The third-order valence-corrected chi connectivity index (χ3v) is 16.6. The molecule has 18 heteroatoms. The van der Waals surface area contributed by atoms with Crippen LogP contribution in [0, 0.1) is 11.8 Å². The van der Waals surface area contributed by atoms with Crippen molar-refractivity contribution < 1.29 is 77.5 Å². The number of aliphatic hydroxyl groups is 4. The van der Waals surface area contributed by atoms with Gasteiger partial charge in [0.15, 0.2) is 22.8 Å². The number of ether oxygens (including phenoxy) is 8. The Bertz CT molecular complexity index is 2730. The molecule has 5 aliphatic heterocycles. The maximum atomic E-state index is 16.5. The third-order valence-electron chi connectivity index (χ3n) is 16.6. The highest BCUT2D eigenvalue weighted by atomic mass is 16.7. The number of carbonyl (C=O) groups is 4. The number of allylic oxidation sites excluding steroid dienone is 4. The highest BCUT2D eigenvalue weighted by Crippen LogP contribution is 2.71. The van der Waals surface area contributed by atoms with Crippen LogP contribution in [0.3, 0.4) is 0 Å². The Hall–Kier alpha value is -5.28. The Kier molecular flexibility index (Phi) is 14.7. The molecule has 5 heterocycles. The predicted molar refractivity (Wildman–Crippen MR) is 272 cm³/mol. The molecule has 2 aromatic rings. The molecular formula is C57H72N2O16. The van der Waals surface area contributed by atoms with Crippen molar-refractivity contribution in [3.05, 3.63) is 93.6 Å². The summed E-state index contributed by atoms with van der Waals surface area (Å²) < 4.78 is 50.8. The number of methoxy groups -OCH3 is 1. The van der Waals surface area contributed by atoms with Gasteiger partial charge < -0.3 is 63.6 Å². The van der Waals surface area contributed by atoms with Gasteiger partial charge in [-0.2, -0.15) is 0 Å². The molecule has 5 N–H and O–H groups in total. The second kappa shape index (κ2) is 20.3. The highest BCUT2D eigenvalue weighted by molar-refractivity contribution is 6.11. The zero-order chi connectivity index (χ0) is 54.2. The van der Waals surface area contributed by atoms with Gasteiger partial charge in [0.2, 0.25) is 6.29 Å². The summed E-state index contributed by atoms with van der Waals surface area (Å²) in [6, 6.07) is 6.80. The number of hydrogen-bond acceptors (Lipinski definition) is 18. The van der Waals surface area contributed by atoms with Crippen LogP contribution in [0.2, 0.25) is 0 Å². The first kappa shape index (κ1) is 54.5. The Morgan fingerprint density at radius 2 is 1.57 bits per heavy atom. The van der Waals surface area contributed by atoms with Crippen LogP contribution in [0.4, 0.5) is 0 Å². The summed E-state index contributed by atoms with van der Waals surface area (Å²) in [5, 5.41) is 44.3. The van der Waals surface area contributed by atoms with Gasteiger partial charge in [-0.15, -0.1) is 0 Å². The van der Waals surface area contributed by atoms with Gasteiger partial charge in [0.25, 0.3) is 0 Å². The number of carbonyl (C=O) groups excluding carboxylic acids is 4. The number of ketones is 2. The molecule has 10 rings (SSSR count). The maximum absolute atomic E-state index is 16.5. The summed E-state index contributed by atoms with van der Waals surface area (Å²) >= 11 is 0. The minimum absolute atomic E-state index is 0.0814. The zero-order valence-electron chi connectivity index (χ0n) is 44.5. The van der Waals surface area contributed by atoms with Gasteiger partial charge >= 0.3 is 11.9 Å². The lowest BCUT2D eigenvalue weighted by Crippen LogP contribution is -2.90. The van der Waals surface area contributed by atoms with E-state index >= 15 is 9.59 Å². The average molecular weight is 1040 g/mol. The van der Waals surface area contributed by atoms with Gasteiger partial charge in [-0.3, -0.25) is 14.5 Å². The van der Waals surface area contributed by atoms with E-state index in [4.69, 9.17) is 37.9 Å². The number of Topliss-reactive ketones (excluding diaryl/α,β-unsaturated/α-hetero) is 2. The van der Waals surface area contributed by atoms with Crippen LogP contribution in [-0.2, 0) is 39.7 Å². The molecule has 0 aromatic heterocycles. The smallest absolute Gasteiger partial charge is 0.343 e. The summed E-state index contributed by atoms with van der Waals surface area (Å²) in [5.74, 6) is -2.46. The lowest BCUT2D eigenvalue weighted by atomic mass is 9.42. The third kappa shape index (κ3) is 8.97. The Morgan fingerprint density at radius 1 is 0.893 bits per heavy atom. The largest absolute Gasteiger partial charge is 0.482 e. The van der Waals surface area contributed by atoms with E-state index in [0.717, 1.165) is 11.1 Å². The molecule has 8 aliphatic rings. The second-order valence-electron chi connectivity index (χ2n) is 22.3. The first-order chi connectivity index (χ1) is 35.5. The van der Waals surface area contributed by atoms with E-state index in [0.29, 0.717) is 62.4 Å². The van der Waals surface area contributed by atoms with Crippen LogP contribution in [0.1, 0.15) is 113 Å². The quantitative estimate of drug-likeness (QED) is 0.0922. The monoisotopic (exact) mass is 1040 g/mol. The first-order valence-electron chi connectivity index (χ1n) is 25.9. The normalized spacial score (nSPS) is 34.4. The topological polar surface area (TPSA) is 238 Å². The number of rotatable bonds is 15. The number of hydrogen-bond donors (Lipinski definition) is 5. The summed E-state index contributed by atoms with van der Waals surface area (Å²) in [6.45, 7) is 16.4. The van der Waals surface area contributed by atoms with Gasteiger partial charge in [-0.05, 0) is 118 Å². The van der Waals surface area contributed by atoms with Crippen LogP contribution in [-0.4, -0.2) is 161 Å². The van der Waals surface area contributed by atoms with Crippen molar-refractivity contribution in [3.63, 3.8) is 0 Å². The van der Waals surface area contributed by atoms with E-state index in [1.54, 1.807) is 32.2 Å². The SMILES string of the molecule is CNC12CC3C(C)(C)OC(C/C=C(/C)C(=O)OC)(C1=O)C31Oc3c(cc4c(c3CC=C(C)C)OC(C)(CCC=C(C)C)C=C4OC(=O)c3ccc(O[C@@H]4O[C@H](CO)[C@@H](O)[C@H](O)[C@H]4O)cc3)C(=O)C1C2N1CCOCC1. The highest BCUT2D eigenvalue weighted by Gasteiger charge is 2.89. The second-order valence-corrected chi connectivity index (χ2v) is 22.3. The van der Waals surface area contributed by atoms with Crippen molar-refractivity contribution >= 4 is 29.3 Å². The number of fused-ring (bicyclic) bond motifs is 2. The van der Waals surface area contributed by atoms with E-state index in [1.165, 1.54) is 31.4 Å². The molecule has 1 spiro atoms. The van der Waals surface area contributed by atoms with Crippen molar-refractivity contribution in [2.24, 2.45) is 11.8 Å². The van der Waals surface area contributed by atoms with E-state index < -0.39 is 95.1 Å². The molecule has 18 nitrogen and oxygen atoms in total. The minimum Gasteiger partial charge on any atom is -0.482 e. The van der Waals surface area contributed by atoms with E-state index in [2.05, 4.69) is 16.3 Å². The van der Waals surface area contributed by atoms with Crippen molar-refractivity contribution in [2.75, 3.05) is 47.1 Å². The molecule has 3 saturated heterocycles. The van der Waals surface area contributed by atoms with Gasteiger partial charge in [-0.1, -0.05) is 29.4 Å². The van der Waals surface area contributed by atoms with Gasteiger partial charge in [0.1, 0.15) is 53.0 Å². The van der Waals surface area contributed by atoms with Gasteiger partial charge in [-0.25, -0.2) is 9.59 Å². The molecule has 0 radical (unpaired) electrons. The minimum atomic E-state index is -1.77. The van der Waals surface area contributed by atoms with Gasteiger partial charge in [0, 0.05) is 48.7 Å². The predicted octanol–water partition coefficient (Wildman–Crippen LogP) is 4.72. The zero-order valence-corrected chi connectivity index (χ0v) is 44.5. The molecule has 7 unspecified atom stereocenters. The summed E-state index contributed by atoms with van der Waals surface area (Å²) in [7, 11) is 3.05. The van der Waals surface area contributed by atoms with Crippen LogP contribution < -0.4 is 19.5 Å². The fourth-order valence-corrected chi connectivity index (χ4v) is 12.9. The van der Waals surface area contributed by atoms with Crippen molar-refractivity contribution in [3.8, 4) is 17.2 Å². The lowest BCUT2D eigenvalue weighted by molar-refractivity contribution is -0.277. The van der Waals surface area contributed by atoms with Crippen LogP contribution in [0.5, 0.6) is 17.2 Å². The summed E-state index contributed by atoms with van der Waals surface area (Å²) in [6.07, 6.45) is 1.59. The molecule has 406 valence electrons. The fraction of sp³-hybridized carbons (Fsp3) is 0.579. The molecule has 3 saturated carbocycles. The molecule has 2 aromatic carbocycles. The molecule has 4 bridgehead atoms. The van der Waals surface area contributed by atoms with Crippen molar-refractivity contribution in [1.29, 1.82) is 0 Å². The fourth-order valence-electron chi connectivity index (χ4n) is 12.9. The Labute approximate surface area is 437 Å². The summed E-state index contributed by atoms with van der Waals surface area (Å²) in [5.41, 5.74) is -3.14. The molecule has 12 atom stereocenters. The number of likely N-dealkylation sites (N-methyl/N-ethyl adjacent to an activating group) is 1. The first-order valence-corrected chi connectivity index (χ1v) is 25.9. The van der Waals surface area contributed by atoms with Crippen molar-refractivity contribution in [2.45, 2.75) is 152 Å². The lowest BCUT2D eigenvalue weighted by Gasteiger charge is -2.68. The number of nitrogens with one attached hydrogen (secondary N) is 1. The van der Waals surface area contributed by atoms with E-state index in [9.17, 15) is 30.0 Å². The Balaban J connectivity index is 1.19. The molecule has 6 fully saturated rings. The standard InChI is InChI=1S/C57H72N2O16/c1-30(2)12-11-20-54(8)27-38(71-50(66)33-14-16-34(17-15-33)70-51-45(64)44(63)43(62)39(29-60)72-51)36-26-37-42(61)41-48(59-22-24-69-25-23-59)55(58-9)28-40-53(6,7)75-56(52(55)67,21-19-32(5)49(65)68-10)57(40,41)74-47(37)35(46(36)73-54)18-13-31(3)4/h12-17,19,26-27,39-41,43-45,48,51,58,60,62-64H,11,18,20-25,28-29H2,1-10H3/b32-19-/t39-,40?,41?,43-,44+,45-,48?,51-,54?,55?,56?,57?/m1/s1. The van der Waals surface area contributed by atoms with Crippen LogP contribution in [0.25, 0.3) is 5.76 Å². The molecule has 0 amide bonds. The maximum Gasteiger partial charge on any atom is 0.343 e. The molecule has 75 heavy (non-hydrogen) atoms. The summed E-state index contributed by atoms with van der Waals surface area (Å²) in [4.78, 5) is 62.1. The van der Waals surface area contributed by atoms with Crippen molar-refractivity contribution in [1.82, 2.24) is 10.2 Å².